The van der Waals surface area contributed by atoms with Gasteiger partial charge in [0.25, 0.3) is 0 Å². The van der Waals surface area contributed by atoms with Crippen LogP contribution in [0.25, 0.3) is 10.9 Å². The Labute approximate surface area is 124 Å². The molecular formula is C16H10ClF2NO. The summed E-state index contributed by atoms with van der Waals surface area (Å²) in [6.45, 7) is 0. The van der Waals surface area contributed by atoms with Gasteiger partial charge in [-0.2, -0.15) is 0 Å². The zero-order chi connectivity index (χ0) is 15.0. The fraction of sp³-hybridized carbons (Fsp3) is 0.0625. The second-order valence-electron chi connectivity index (χ2n) is 4.61. The number of hydrogen-bond acceptors (Lipinski definition) is 2. The summed E-state index contributed by atoms with van der Waals surface area (Å²) in [5, 5.41) is 10.9. The fourth-order valence-corrected chi connectivity index (χ4v) is 2.41. The summed E-state index contributed by atoms with van der Waals surface area (Å²) in [5.41, 5.74) is 0.783. The summed E-state index contributed by atoms with van der Waals surface area (Å²) < 4.78 is 27.5. The highest BCUT2D eigenvalue weighted by molar-refractivity contribution is 6.30. The third kappa shape index (κ3) is 2.48. The third-order valence-corrected chi connectivity index (χ3v) is 3.58. The van der Waals surface area contributed by atoms with Crippen molar-refractivity contribution in [1.82, 2.24) is 4.98 Å². The van der Waals surface area contributed by atoms with Crippen LogP contribution in [0.4, 0.5) is 8.78 Å². The summed E-state index contributed by atoms with van der Waals surface area (Å²) in [6, 6.07) is 10.5. The average molecular weight is 306 g/mol. The third-order valence-electron chi connectivity index (χ3n) is 3.29. The number of benzene rings is 2. The molecule has 0 saturated heterocycles. The molecule has 5 heteroatoms. The summed E-state index contributed by atoms with van der Waals surface area (Å²) >= 11 is 5.52. The van der Waals surface area contributed by atoms with Gasteiger partial charge >= 0.3 is 0 Å². The molecule has 3 aromatic rings. The molecule has 1 aromatic heterocycles. The standard InChI is InChI=1S/C16H10ClF2NO/c17-12-8-13(18)11(7-14(12)19)16(21)10-5-1-3-9-4-2-6-20-15(9)10/h1-8,16,21H. The van der Waals surface area contributed by atoms with Crippen LogP contribution in [-0.4, -0.2) is 10.1 Å². The highest BCUT2D eigenvalue weighted by Crippen LogP contribution is 2.31. The number of para-hydroxylation sites is 1. The van der Waals surface area contributed by atoms with Gasteiger partial charge in [0.2, 0.25) is 0 Å². The predicted molar refractivity (Wildman–Crippen MR) is 77.2 cm³/mol. The smallest absolute Gasteiger partial charge is 0.142 e. The van der Waals surface area contributed by atoms with Gasteiger partial charge in [-0.15, -0.1) is 0 Å². The fourth-order valence-electron chi connectivity index (χ4n) is 2.26. The number of hydrogen-bond donors (Lipinski definition) is 1. The molecule has 0 amide bonds. The van der Waals surface area contributed by atoms with E-state index < -0.39 is 17.7 Å². The van der Waals surface area contributed by atoms with Gasteiger partial charge in [0.1, 0.15) is 17.7 Å². The summed E-state index contributed by atoms with van der Waals surface area (Å²) in [7, 11) is 0. The van der Waals surface area contributed by atoms with Crippen LogP contribution in [0, 0.1) is 11.6 Å². The molecule has 2 nitrogen and oxygen atoms in total. The number of halogens is 3. The maximum atomic E-state index is 13.9. The molecule has 1 unspecified atom stereocenters. The van der Waals surface area contributed by atoms with Crippen molar-refractivity contribution >= 4 is 22.5 Å². The molecule has 1 atom stereocenters. The molecule has 1 heterocycles. The van der Waals surface area contributed by atoms with Crippen molar-refractivity contribution in [2.24, 2.45) is 0 Å². The van der Waals surface area contributed by atoms with Crippen molar-refractivity contribution in [2.75, 3.05) is 0 Å². The highest BCUT2D eigenvalue weighted by Gasteiger charge is 2.20. The van der Waals surface area contributed by atoms with E-state index in [0.29, 0.717) is 11.1 Å². The van der Waals surface area contributed by atoms with Crippen LogP contribution < -0.4 is 0 Å². The van der Waals surface area contributed by atoms with E-state index in [2.05, 4.69) is 4.98 Å². The zero-order valence-electron chi connectivity index (χ0n) is 10.7. The van der Waals surface area contributed by atoms with Gasteiger partial charge in [-0.05, 0) is 18.2 Å². The molecule has 0 bridgehead atoms. The van der Waals surface area contributed by atoms with Gasteiger partial charge in [-0.25, -0.2) is 8.78 Å². The molecule has 0 aliphatic carbocycles. The van der Waals surface area contributed by atoms with E-state index >= 15 is 0 Å². The Hall–Kier alpha value is -2.04. The van der Waals surface area contributed by atoms with Crippen molar-refractivity contribution in [2.45, 2.75) is 6.10 Å². The van der Waals surface area contributed by atoms with Crippen LogP contribution in [0.3, 0.4) is 0 Å². The predicted octanol–water partition coefficient (Wildman–Crippen LogP) is 4.25. The van der Waals surface area contributed by atoms with Crippen LogP contribution >= 0.6 is 11.6 Å². The van der Waals surface area contributed by atoms with Gasteiger partial charge < -0.3 is 5.11 Å². The molecule has 21 heavy (non-hydrogen) atoms. The van der Waals surface area contributed by atoms with Crippen LogP contribution in [0.15, 0.2) is 48.7 Å². The van der Waals surface area contributed by atoms with E-state index in [-0.39, 0.29) is 10.6 Å². The largest absolute Gasteiger partial charge is 0.383 e. The number of rotatable bonds is 2. The van der Waals surface area contributed by atoms with Crippen molar-refractivity contribution in [1.29, 1.82) is 0 Å². The van der Waals surface area contributed by atoms with Crippen molar-refractivity contribution in [3.8, 4) is 0 Å². The number of aliphatic hydroxyl groups is 1. The number of aromatic nitrogens is 1. The normalized spacial score (nSPS) is 12.6. The molecule has 106 valence electrons. The molecule has 1 N–H and O–H groups in total. The van der Waals surface area contributed by atoms with E-state index in [4.69, 9.17) is 11.6 Å². The van der Waals surface area contributed by atoms with Crippen molar-refractivity contribution in [3.05, 3.63) is 76.4 Å². The first-order valence-electron chi connectivity index (χ1n) is 6.24. The van der Waals surface area contributed by atoms with E-state index in [0.717, 1.165) is 17.5 Å². The summed E-state index contributed by atoms with van der Waals surface area (Å²) in [6.07, 6.45) is 0.257. The maximum Gasteiger partial charge on any atom is 0.142 e. The second kappa shape index (κ2) is 5.39. The first-order chi connectivity index (χ1) is 10.1. The average Bonchev–Trinajstić information content (AvgIpc) is 2.49. The zero-order valence-corrected chi connectivity index (χ0v) is 11.5. The van der Waals surface area contributed by atoms with E-state index in [1.807, 2.05) is 12.1 Å². The monoisotopic (exact) mass is 305 g/mol. The molecule has 0 aliphatic heterocycles. The number of nitrogens with zero attached hydrogens (tertiary/aromatic N) is 1. The quantitative estimate of drug-likeness (QED) is 0.718. The van der Waals surface area contributed by atoms with E-state index in [9.17, 15) is 13.9 Å². The Bertz CT molecular complexity index is 817. The van der Waals surface area contributed by atoms with Gasteiger partial charge in [-0.1, -0.05) is 35.9 Å². The van der Waals surface area contributed by atoms with Gasteiger partial charge in [-0.3, -0.25) is 4.98 Å². The van der Waals surface area contributed by atoms with E-state index in [1.54, 1.807) is 24.4 Å². The summed E-state index contributed by atoms with van der Waals surface area (Å²) in [4.78, 5) is 4.20. The Morgan fingerprint density at radius 1 is 1.00 bits per heavy atom. The molecule has 3 rings (SSSR count). The first kappa shape index (κ1) is 13.9. The molecule has 2 aromatic carbocycles. The first-order valence-corrected chi connectivity index (χ1v) is 6.62. The lowest BCUT2D eigenvalue weighted by molar-refractivity contribution is 0.215. The molecule has 0 radical (unpaired) electrons. The lowest BCUT2D eigenvalue weighted by Crippen LogP contribution is -2.05. The molecular weight excluding hydrogens is 296 g/mol. The van der Waals surface area contributed by atoms with Gasteiger partial charge in [0, 0.05) is 22.7 Å². The van der Waals surface area contributed by atoms with Gasteiger partial charge in [0.15, 0.2) is 0 Å². The van der Waals surface area contributed by atoms with Crippen molar-refractivity contribution in [3.63, 3.8) is 0 Å². The maximum absolute atomic E-state index is 13.9. The summed E-state index contributed by atoms with van der Waals surface area (Å²) in [5.74, 6) is -1.54. The van der Waals surface area contributed by atoms with E-state index in [1.165, 1.54) is 0 Å². The topological polar surface area (TPSA) is 33.1 Å². The molecule has 0 spiro atoms. The van der Waals surface area contributed by atoms with Crippen LogP contribution in [0.1, 0.15) is 17.2 Å². The van der Waals surface area contributed by atoms with Crippen LogP contribution in [-0.2, 0) is 0 Å². The molecule has 0 saturated carbocycles. The minimum Gasteiger partial charge on any atom is -0.383 e. The Morgan fingerprint density at radius 2 is 1.76 bits per heavy atom. The lowest BCUT2D eigenvalue weighted by Gasteiger charge is -2.14. The highest BCUT2D eigenvalue weighted by atomic mass is 35.5. The minimum atomic E-state index is -1.32. The minimum absolute atomic E-state index is 0.171. The van der Waals surface area contributed by atoms with Crippen LogP contribution in [0.5, 0.6) is 0 Å². The number of pyridine rings is 1. The SMILES string of the molecule is OC(c1cc(F)c(Cl)cc1F)c1cccc2cccnc12. The lowest BCUT2D eigenvalue weighted by atomic mass is 9.98. The van der Waals surface area contributed by atoms with Gasteiger partial charge in [0.05, 0.1) is 10.5 Å². The number of fused-ring (bicyclic) bond motifs is 1. The van der Waals surface area contributed by atoms with Crippen LogP contribution in [0.2, 0.25) is 5.02 Å². The Balaban J connectivity index is 2.17. The second-order valence-corrected chi connectivity index (χ2v) is 5.02. The Kier molecular flexibility index (Phi) is 3.57. The molecule has 0 fully saturated rings. The Morgan fingerprint density at radius 3 is 2.57 bits per heavy atom. The molecule has 0 aliphatic rings. The number of aliphatic hydroxyl groups excluding tert-OH is 1. The van der Waals surface area contributed by atoms with Crippen molar-refractivity contribution < 1.29 is 13.9 Å².